The first kappa shape index (κ1) is 28.9. The molecule has 0 heterocycles. The van der Waals surface area contributed by atoms with Crippen LogP contribution in [0.3, 0.4) is 0 Å². The summed E-state index contributed by atoms with van der Waals surface area (Å²) in [5, 5.41) is 22.5. The average Bonchev–Trinajstić information content (AvgIpc) is 2.75. The van der Waals surface area contributed by atoms with Gasteiger partial charge in [-0.25, -0.2) is 0 Å². The molecule has 0 rings (SSSR count). The van der Waals surface area contributed by atoms with E-state index in [9.17, 15) is 15.0 Å². The number of rotatable bonds is 21. The lowest BCUT2D eigenvalue weighted by Gasteiger charge is -2.22. The van der Waals surface area contributed by atoms with E-state index >= 15 is 0 Å². The van der Waals surface area contributed by atoms with E-state index in [-0.39, 0.29) is 12.5 Å². The topological polar surface area (TPSA) is 69.6 Å². The largest absolute Gasteiger partial charge is 0.394 e. The van der Waals surface area contributed by atoms with Crippen molar-refractivity contribution >= 4 is 5.91 Å². The Labute approximate surface area is 186 Å². The van der Waals surface area contributed by atoms with Crippen molar-refractivity contribution in [2.24, 2.45) is 0 Å². The monoisotopic (exact) mass is 423 g/mol. The number of allylic oxidation sites excluding steroid dienone is 4. The molecule has 4 heteroatoms. The van der Waals surface area contributed by atoms with Gasteiger partial charge in [0.25, 0.3) is 0 Å². The molecule has 0 radical (unpaired) electrons. The molecule has 30 heavy (non-hydrogen) atoms. The van der Waals surface area contributed by atoms with Gasteiger partial charge in [-0.3, -0.25) is 4.79 Å². The molecule has 0 aromatic rings. The van der Waals surface area contributed by atoms with E-state index < -0.39 is 12.1 Å². The van der Waals surface area contributed by atoms with Crippen LogP contribution in [0, 0.1) is 0 Å². The van der Waals surface area contributed by atoms with Crippen molar-refractivity contribution in [2.45, 2.75) is 129 Å². The summed E-state index contributed by atoms with van der Waals surface area (Å²) < 4.78 is 0. The maximum absolute atomic E-state index is 12.1. The first-order valence-electron chi connectivity index (χ1n) is 12.5. The van der Waals surface area contributed by atoms with Gasteiger partial charge in [0.2, 0.25) is 5.91 Å². The Balaban J connectivity index is 3.67. The Hall–Kier alpha value is -1.13. The van der Waals surface area contributed by atoms with E-state index in [0.717, 1.165) is 44.9 Å². The Bertz CT molecular complexity index is 434. The fraction of sp³-hybridized carbons (Fsp3) is 0.808. The maximum atomic E-state index is 12.1. The Kier molecular flexibility index (Phi) is 21.7. The Morgan fingerprint density at radius 2 is 1.43 bits per heavy atom. The van der Waals surface area contributed by atoms with Crippen LogP contribution >= 0.6 is 0 Å². The molecule has 0 aliphatic carbocycles. The van der Waals surface area contributed by atoms with Gasteiger partial charge in [-0.05, 0) is 38.5 Å². The summed E-state index contributed by atoms with van der Waals surface area (Å²) in [6.45, 7) is 4.17. The molecule has 0 spiro atoms. The summed E-state index contributed by atoms with van der Waals surface area (Å²) in [6, 6.07) is -0.535. The van der Waals surface area contributed by atoms with E-state index in [1.54, 1.807) is 0 Å². The molecule has 0 aromatic heterocycles. The molecule has 0 saturated carbocycles. The molecule has 4 nitrogen and oxygen atoms in total. The second-order valence-electron chi connectivity index (χ2n) is 8.40. The van der Waals surface area contributed by atoms with Gasteiger partial charge >= 0.3 is 0 Å². The second-order valence-corrected chi connectivity index (χ2v) is 8.40. The molecule has 0 saturated heterocycles. The highest BCUT2D eigenvalue weighted by Gasteiger charge is 2.19. The van der Waals surface area contributed by atoms with E-state index in [4.69, 9.17) is 0 Å². The van der Waals surface area contributed by atoms with Crippen LogP contribution in [0.5, 0.6) is 0 Å². The summed E-state index contributed by atoms with van der Waals surface area (Å²) in [5.74, 6) is -0.0573. The van der Waals surface area contributed by atoms with Crippen LogP contribution in [-0.4, -0.2) is 34.9 Å². The minimum Gasteiger partial charge on any atom is -0.394 e. The van der Waals surface area contributed by atoms with E-state index in [0.29, 0.717) is 12.8 Å². The minimum absolute atomic E-state index is 0.0573. The molecule has 0 bridgehead atoms. The lowest BCUT2D eigenvalue weighted by atomic mass is 10.0. The molecule has 1 amide bonds. The highest BCUT2D eigenvalue weighted by molar-refractivity contribution is 5.76. The van der Waals surface area contributed by atoms with Crippen LogP contribution in [0.25, 0.3) is 0 Å². The van der Waals surface area contributed by atoms with Crippen molar-refractivity contribution in [3.05, 3.63) is 24.3 Å². The van der Waals surface area contributed by atoms with Gasteiger partial charge in [0, 0.05) is 6.42 Å². The molecule has 3 N–H and O–H groups in total. The third-order valence-electron chi connectivity index (χ3n) is 5.45. The standard InChI is InChI=1S/C26H49NO3/c1-3-5-7-9-10-11-12-13-14-15-16-18-20-22-26(30)27-24(23-28)25(29)21-19-17-8-6-4-2/h7,9,11-12,24-25,28-29H,3-6,8,10,13-23H2,1-2H3,(H,27,30)/b9-7-,12-11-. The lowest BCUT2D eigenvalue weighted by molar-refractivity contribution is -0.123. The highest BCUT2D eigenvalue weighted by atomic mass is 16.3. The summed E-state index contributed by atoms with van der Waals surface area (Å²) in [5.41, 5.74) is 0. The third kappa shape index (κ3) is 18.9. The second kappa shape index (κ2) is 22.6. The summed E-state index contributed by atoms with van der Waals surface area (Å²) >= 11 is 0. The quantitative estimate of drug-likeness (QED) is 0.152. The predicted molar refractivity (Wildman–Crippen MR) is 129 cm³/mol. The molecule has 0 fully saturated rings. The molecule has 176 valence electrons. The van der Waals surface area contributed by atoms with Gasteiger partial charge < -0.3 is 15.5 Å². The zero-order valence-corrected chi connectivity index (χ0v) is 19.8. The number of amides is 1. The third-order valence-corrected chi connectivity index (χ3v) is 5.45. The van der Waals surface area contributed by atoms with Crippen LogP contribution in [-0.2, 0) is 4.79 Å². The van der Waals surface area contributed by atoms with E-state index in [1.165, 1.54) is 44.9 Å². The van der Waals surface area contributed by atoms with Gasteiger partial charge in [0.1, 0.15) is 0 Å². The van der Waals surface area contributed by atoms with Crippen LogP contribution in [0.2, 0.25) is 0 Å². The summed E-state index contributed by atoms with van der Waals surface area (Å²) in [7, 11) is 0. The fourth-order valence-electron chi connectivity index (χ4n) is 3.45. The number of aliphatic hydroxyl groups excluding tert-OH is 2. The molecule has 0 aliphatic heterocycles. The van der Waals surface area contributed by atoms with E-state index in [1.807, 2.05) is 0 Å². The number of carbonyl (C=O) groups is 1. The molecular formula is C26H49NO3. The number of hydrogen-bond donors (Lipinski definition) is 3. The number of carbonyl (C=O) groups excluding carboxylic acids is 1. The molecule has 2 unspecified atom stereocenters. The first-order chi connectivity index (χ1) is 14.7. The molecular weight excluding hydrogens is 374 g/mol. The van der Waals surface area contributed by atoms with Gasteiger partial charge in [-0.2, -0.15) is 0 Å². The number of nitrogens with one attached hydrogen (secondary N) is 1. The van der Waals surface area contributed by atoms with Crippen molar-refractivity contribution in [2.75, 3.05) is 6.61 Å². The summed E-state index contributed by atoms with van der Waals surface area (Å²) in [6.07, 6.45) is 25.2. The molecule has 0 aromatic carbocycles. The maximum Gasteiger partial charge on any atom is 0.220 e. The number of hydrogen-bond acceptors (Lipinski definition) is 3. The molecule has 2 atom stereocenters. The normalized spacial score (nSPS) is 13.9. The lowest BCUT2D eigenvalue weighted by Crippen LogP contribution is -2.45. The van der Waals surface area contributed by atoms with Gasteiger partial charge in [-0.1, -0.05) is 95.9 Å². The predicted octanol–water partition coefficient (Wildman–Crippen LogP) is 6.22. The highest BCUT2D eigenvalue weighted by Crippen LogP contribution is 2.11. The van der Waals surface area contributed by atoms with Crippen LogP contribution in [0.15, 0.2) is 24.3 Å². The van der Waals surface area contributed by atoms with Crippen molar-refractivity contribution in [1.82, 2.24) is 5.32 Å². The minimum atomic E-state index is -0.657. The molecule has 0 aliphatic rings. The van der Waals surface area contributed by atoms with Gasteiger partial charge in [0.05, 0.1) is 18.8 Å². The first-order valence-corrected chi connectivity index (χ1v) is 12.5. The zero-order chi connectivity index (χ0) is 22.3. The average molecular weight is 424 g/mol. The van der Waals surface area contributed by atoms with Crippen molar-refractivity contribution in [3.8, 4) is 0 Å². The summed E-state index contributed by atoms with van der Waals surface area (Å²) in [4.78, 5) is 12.1. The van der Waals surface area contributed by atoms with E-state index in [2.05, 4.69) is 43.5 Å². The zero-order valence-electron chi connectivity index (χ0n) is 19.8. The van der Waals surface area contributed by atoms with Crippen molar-refractivity contribution in [3.63, 3.8) is 0 Å². The number of aliphatic hydroxyl groups is 2. The fourth-order valence-corrected chi connectivity index (χ4v) is 3.45. The van der Waals surface area contributed by atoms with Gasteiger partial charge in [-0.15, -0.1) is 0 Å². The Morgan fingerprint density at radius 3 is 2.13 bits per heavy atom. The van der Waals surface area contributed by atoms with Crippen LogP contribution < -0.4 is 5.32 Å². The van der Waals surface area contributed by atoms with Gasteiger partial charge in [0.15, 0.2) is 0 Å². The van der Waals surface area contributed by atoms with Crippen molar-refractivity contribution in [1.29, 1.82) is 0 Å². The number of unbranched alkanes of at least 4 members (excludes halogenated alkanes) is 10. The van der Waals surface area contributed by atoms with Crippen LogP contribution in [0.4, 0.5) is 0 Å². The van der Waals surface area contributed by atoms with Crippen LogP contribution in [0.1, 0.15) is 117 Å². The smallest absolute Gasteiger partial charge is 0.220 e. The SMILES string of the molecule is CCC/C=C\C/C=C\CCCCCCCC(=O)NC(CO)C(O)CCCCCCC. The van der Waals surface area contributed by atoms with Crippen molar-refractivity contribution < 1.29 is 15.0 Å². The Morgan fingerprint density at radius 1 is 0.800 bits per heavy atom.